The fourth-order valence-corrected chi connectivity index (χ4v) is 7.00. The Morgan fingerprint density at radius 1 is 0.537 bits per heavy atom. The Labute approximate surface area is 316 Å². The van der Waals surface area contributed by atoms with Crippen molar-refractivity contribution in [2.75, 3.05) is 42.7 Å². The molecule has 3 aromatic rings. The van der Waals surface area contributed by atoms with Gasteiger partial charge in [0.05, 0.1) is 26.4 Å². The third-order valence-corrected chi connectivity index (χ3v) is 11.2. The number of ether oxygens (including phenoxy) is 6. The molecule has 3 rings (SSSR count). The minimum atomic E-state index is -3.97. The van der Waals surface area contributed by atoms with Crippen molar-refractivity contribution >= 4 is 39.3 Å². The Kier molecular flexibility index (Phi) is 16.5. The van der Waals surface area contributed by atoms with Crippen LogP contribution in [0.5, 0.6) is 23.0 Å². The van der Waals surface area contributed by atoms with Crippen LogP contribution < -0.4 is 18.9 Å². The molecule has 54 heavy (non-hydrogen) atoms. The molecule has 0 spiro atoms. The average molecular weight is 791 g/mol. The van der Waals surface area contributed by atoms with E-state index in [4.69, 9.17) is 46.5 Å². The summed E-state index contributed by atoms with van der Waals surface area (Å²) in [5, 5.41) is -0.537. The van der Waals surface area contributed by atoms with Gasteiger partial charge in [0.25, 0.3) is 0 Å². The van der Waals surface area contributed by atoms with Crippen molar-refractivity contribution in [2.45, 2.75) is 53.1 Å². The number of rotatable bonds is 20. The summed E-state index contributed by atoms with van der Waals surface area (Å²) in [4.78, 5) is 25.7. The molecular weight excluding hydrogens is 742 g/mol. The van der Waals surface area contributed by atoms with E-state index in [2.05, 4.69) is 0 Å². The molecule has 0 aliphatic heterocycles. The van der Waals surface area contributed by atoms with Gasteiger partial charge in [0.2, 0.25) is 0 Å². The highest BCUT2D eigenvalue weighted by Crippen LogP contribution is 2.57. The first-order valence-electron chi connectivity index (χ1n) is 16.6. The number of hydrogen-bond acceptors (Lipinski definition) is 14. The molecule has 0 amide bonds. The van der Waals surface area contributed by atoms with Crippen LogP contribution in [-0.2, 0) is 59.5 Å². The second-order valence-corrected chi connectivity index (χ2v) is 16.3. The van der Waals surface area contributed by atoms with E-state index in [1.54, 1.807) is 64.1 Å². The molecule has 0 aliphatic carbocycles. The predicted octanol–water partition coefficient (Wildman–Crippen LogP) is 8.42. The Morgan fingerprint density at radius 3 is 1.15 bits per heavy atom. The quantitative estimate of drug-likeness (QED) is 0.0609. The second kappa shape index (κ2) is 20.3. The molecule has 0 aliphatic rings. The Balaban J connectivity index is 1.81. The Bertz CT molecular complexity index is 1750. The lowest BCUT2D eigenvalue weighted by atomic mass is 10.1. The zero-order valence-corrected chi connectivity index (χ0v) is 33.9. The normalized spacial score (nSPS) is 12.4. The van der Waals surface area contributed by atoms with Crippen LogP contribution in [0.3, 0.4) is 0 Å². The van der Waals surface area contributed by atoms with Crippen LogP contribution in [-0.4, -0.2) is 66.8 Å². The molecule has 294 valence electrons. The number of methoxy groups -OCH3 is 2. The molecule has 0 bridgehead atoms. The Hall–Kier alpha value is -4.42. The minimum Gasteiger partial charge on any atom is -0.493 e. The maximum absolute atomic E-state index is 13.2. The molecule has 14 nitrogen and oxygen atoms in total. The maximum atomic E-state index is 13.2. The Morgan fingerprint density at radius 2 is 0.870 bits per heavy atom. The fourth-order valence-electron chi connectivity index (χ4n) is 4.75. The fraction of sp³-hybridized carbons (Fsp3) is 0.368. The summed E-state index contributed by atoms with van der Waals surface area (Å²) in [6.07, 6.45) is 1.82. The van der Waals surface area contributed by atoms with Crippen molar-refractivity contribution in [2.24, 2.45) is 0 Å². The van der Waals surface area contributed by atoms with Gasteiger partial charge >= 0.3 is 27.1 Å². The summed E-state index contributed by atoms with van der Waals surface area (Å²) >= 11 is 0. The molecule has 0 aromatic heterocycles. The molecule has 0 heterocycles. The average Bonchev–Trinajstić information content (AvgIpc) is 3.16. The SMILES string of the molecule is COc1ccc(C=C(C(=O)OC(C)C)P(=O)(OC)OC)cc1OCc1ccc(COc2cc(C=C(C(=O)OC(C)C)P(=O)(OC)OC)ccc2OC)cc1. The number of esters is 2. The van der Waals surface area contributed by atoms with Crippen LogP contribution in [0.25, 0.3) is 12.2 Å². The molecule has 0 fully saturated rings. The highest BCUT2D eigenvalue weighted by atomic mass is 31.2. The van der Waals surface area contributed by atoms with E-state index in [0.717, 1.165) is 11.1 Å². The van der Waals surface area contributed by atoms with Crippen LogP contribution >= 0.6 is 15.2 Å². The van der Waals surface area contributed by atoms with Gasteiger partial charge in [-0.15, -0.1) is 0 Å². The standard InChI is InChI=1S/C38H48O14P2/c1-25(2)51-37(39)35(53(41,45-7)46-8)21-29-15-17-31(43-5)33(19-29)49-23-27-11-13-28(14-12-27)24-50-34-20-30(16-18-32(34)44-6)22-36(38(40)52-26(3)4)54(42,47-9)48-10/h11-22,25-26H,23-24H2,1-10H3. The smallest absolute Gasteiger partial charge is 0.368 e. The summed E-state index contributed by atoms with van der Waals surface area (Å²) in [6, 6.07) is 17.4. The first-order chi connectivity index (χ1) is 25.6. The summed E-state index contributed by atoms with van der Waals surface area (Å²) in [6.45, 7) is 7.03. The molecule has 3 aromatic carbocycles. The van der Waals surface area contributed by atoms with E-state index >= 15 is 0 Å². The van der Waals surface area contributed by atoms with Crippen LogP contribution in [0.4, 0.5) is 0 Å². The highest BCUT2D eigenvalue weighted by Gasteiger charge is 2.36. The zero-order valence-electron chi connectivity index (χ0n) is 32.1. The molecule has 0 N–H and O–H groups in total. The molecular formula is C38H48O14P2. The summed E-state index contributed by atoms with van der Waals surface area (Å²) < 4.78 is 80.5. The molecule has 16 heteroatoms. The van der Waals surface area contributed by atoms with Crippen molar-refractivity contribution in [1.29, 1.82) is 0 Å². The van der Waals surface area contributed by atoms with E-state index in [9.17, 15) is 18.7 Å². The van der Waals surface area contributed by atoms with Gasteiger partial charge in [0.1, 0.15) is 23.8 Å². The minimum absolute atomic E-state index is 0.165. The first kappa shape index (κ1) is 44.0. The van der Waals surface area contributed by atoms with E-state index in [1.165, 1.54) is 54.8 Å². The van der Waals surface area contributed by atoms with Gasteiger partial charge in [0.15, 0.2) is 23.0 Å². The zero-order chi connectivity index (χ0) is 40.1. The monoisotopic (exact) mass is 790 g/mol. The summed E-state index contributed by atoms with van der Waals surface area (Å²) in [5.74, 6) is -0.0516. The topological polar surface area (TPSA) is 161 Å². The van der Waals surface area contributed by atoms with Crippen molar-refractivity contribution in [3.63, 3.8) is 0 Å². The second-order valence-electron chi connectivity index (χ2n) is 11.9. The van der Waals surface area contributed by atoms with Crippen LogP contribution in [0.15, 0.2) is 71.3 Å². The molecule has 0 saturated heterocycles. The lowest BCUT2D eigenvalue weighted by Crippen LogP contribution is -2.15. The van der Waals surface area contributed by atoms with Crippen molar-refractivity contribution in [1.82, 2.24) is 0 Å². The van der Waals surface area contributed by atoms with E-state index < -0.39 is 39.3 Å². The van der Waals surface area contributed by atoms with Gasteiger partial charge in [-0.2, -0.15) is 0 Å². The number of carbonyl (C=O) groups is 2. The van der Waals surface area contributed by atoms with Gasteiger partial charge in [-0.1, -0.05) is 36.4 Å². The van der Waals surface area contributed by atoms with Crippen LogP contribution in [0, 0.1) is 0 Å². The maximum Gasteiger partial charge on any atom is 0.368 e. The number of benzene rings is 3. The molecule has 0 saturated carbocycles. The van der Waals surface area contributed by atoms with Crippen LogP contribution in [0.2, 0.25) is 0 Å². The van der Waals surface area contributed by atoms with E-state index in [0.29, 0.717) is 34.1 Å². The molecule has 0 atom stereocenters. The first-order valence-corrected chi connectivity index (χ1v) is 19.7. The van der Waals surface area contributed by atoms with Gasteiger partial charge < -0.3 is 46.5 Å². The molecule has 0 radical (unpaired) electrons. The summed E-state index contributed by atoms with van der Waals surface area (Å²) in [5.41, 5.74) is 2.60. The van der Waals surface area contributed by atoms with Gasteiger partial charge in [-0.05, 0) is 86.4 Å². The van der Waals surface area contributed by atoms with Gasteiger partial charge in [-0.25, -0.2) is 9.59 Å². The third kappa shape index (κ3) is 11.8. The van der Waals surface area contributed by atoms with Gasteiger partial charge in [0, 0.05) is 28.4 Å². The van der Waals surface area contributed by atoms with Crippen molar-refractivity contribution in [3.8, 4) is 23.0 Å². The third-order valence-electron chi connectivity index (χ3n) is 7.45. The van der Waals surface area contributed by atoms with Crippen molar-refractivity contribution < 1.29 is 65.2 Å². The van der Waals surface area contributed by atoms with Crippen molar-refractivity contribution in [3.05, 3.63) is 93.5 Å². The lowest BCUT2D eigenvalue weighted by Gasteiger charge is -2.18. The van der Waals surface area contributed by atoms with E-state index in [-0.39, 0.29) is 23.8 Å². The largest absolute Gasteiger partial charge is 0.493 e. The summed E-state index contributed by atoms with van der Waals surface area (Å²) in [7, 11) is -0.191. The number of hydrogen-bond donors (Lipinski definition) is 0. The van der Waals surface area contributed by atoms with Gasteiger partial charge in [-0.3, -0.25) is 9.13 Å². The lowest BCUT2D eigenvalue weighted by molar-refractivity contribution is -0.142. The molecule has 0 unspecified atom stereocenters. The van der Waals surface area contributed by atoms with Crippen LogP contribution in [0.1, 0.15) is 49.9 Å². The van der Waals surface area contributed by atoms with E-state index in [1.807, 2.05) is 24.3 Å². The predicted molar refractivity (Wildman–Crippen MR) is 203 cm³/mol. The highest BCUT2D eigenvalue weighted by molar-refractivity contribution is 7.60. The number of carbonyl (C=O) groups excluding carboxylic acids is 2.